The molecule has 1 fully saturated rings. The SMILES string of the molecule is CCNC(=NCC(c1ccc(OC)c(OC)c1)N(C)C)N1CCN(Cc2ccon2)CC1. The Balaban J connectivity index is 1.67. The average molecular weight is 445 g/mol. The molecule has 0 aliphatic carbocycles. The Morgan fingerprint density at radius 3 is 2.50 bits per heavy atom. The normalized spacial score (nSPS) is 16.3. The largest absolute Gasteiger partial charge is 0.493 e. The number of likely N-dealkylation sites (N-methyl/N-ethyl adjacent to an activating group) is 1. The van der Waals surface area contributed by atoms with Crippen molar-refractivity contribution in [3.63, 3.8) is 0 Å². The van der Waals surface area contributed by atoms with Gasteiger partial charge in [0.25, 0.3) is 0 Å². The molecule has 32 heavy (non-hydrogen) atoms. The van der Waals surface area contributed by atoms with E-state index in [1.165, 1.54) is 0 Å². The summed E-state index contributed by atoms with van der Waals surface area (Å²) in [5.74, 6) is 2.42. The molecule has 176 valence electrons. The van der Waals surface area contributed by atoms with E-state index in [0.717, 1.165) is 68.0 Å². The van der Waals surface area contributed by atoms with Crippen LogP contribution in [0.3, 0.4) is 0 Å². The molecular formula is C23H36N6O3. The zero-order valence-corrected chi connectivity index (χ0v) is 19.9. The molecule has 0 radical (unpaired) electrons. The fraction of sp³-hybridized carbons (Fsp3) is 0.565. The third-order valence-corrected chi connectivity index (χ3v) is 5.71. The second-order valence-corrected chi connectivity index (χ2v) is 8.04. The maximum atomic E-state index is 5.50. The summed E-state index contributed by atoms with van der Waals surface area (Å²) < 4.78 is 15.8. The number of ether oxygens (including phenoxy) is 2. The number of aromatic nitrogens is 1. The van der Waals surface area contributed by atoms with Crippen molar-refractivity contribution in [2.45, 2.75) is 19.5 Å². The van der Waals surface area contributed by atoms with Crippen LogP contribution in [0.25, 0.3) is 0 Å². The Kier molecular flexibility index (Phi) is 8.75. The predicted molar refractivity (Wildman–Crippen MR) is 125 cm³/mol. The Labute approximate surface area is 191 Å². The van der Waals surface area contributed by atoms with E-state index in [1.807, 2.05) is 18.2 Å². The van der Waals surface area contributed by atoms with Crippen molar-refractivity contribution in [3.8, 4) is 11.5 Å². The van der Waals surface area contributed by atoms with E-state index in [2.05, 4.69) is 52.3 Å². The fourth-order valence-corrected chi connectivity index (χ4v) is 3.89. The molecule has 1 aromatic heterocycles. The molecule has 9 heteroatoms. The molecule has 9 nitrogen and oxygen atoms in total. The van der Waals surface area contributed by atoms with E-state index >= 15 is 0 Å². The van der Waals surface area contributed by atoms with Crippen molar-refractivity contribution >= 4 is 5.96 Å². The van der Waals surface area contributed by atoms with Crippen LogP contribution in [0.1, 0.15) is 24.2 Å². The van der Waals surface area contributed by atoms with Gasteiger partial charge in [-0.25, -0.2) is 0 Å². The van der Waals surface area contributed by atoms with Gasteiger partial charge in [0.2, 0.25) is 0 Å². The number of rotatable bonds is 9. The summed E-state index contributed by atoms with van der Waals surface area (Å²) >= 11 is 0. The van der Waals surface area contributed by atoms with E-state index in [9.17, 15) is 0 Å². The number of aliphatic imine (C=N–C) groups is 1. The fourth-order valence-electron chi connectivity index (χ4n) is 3.89. The molecule has 0 saturated carbocycles. The number of piperazine rings is 1. The molecule has 0 amide bonds. The Hall–Kier alpha value is -2.78. The second kappa shape index (κ2) is 11.7. The maximum Gasteiger partial charge on any atom is 0.194 e. The van der Waals surface area contributed by atoms with Gasteiger partial charge in [-0.05, 0) is 38.7 Å². The first-order valence-corrected chi connectivity index (χ1v) is 11.1. The zero-order valence-electron chi connectivity index (χ0n) is 19.9. The van der Waals surface area contributed by atoms with Gasteiger partial charge in [-0.3, -0.25) is 9.89 Å². The second-order valence-electron chi connectivity index (χ2n) is 8.04. The van der Waals surface area contributed by atoms with Crippen molar-refractivity contribution in [1.29, 1.82) is 0 Å². The minimum absolute atomic E-state index is 0.122. The molecule has 1 saturated heterocycles. The van der Waals surface area contributed by atoms with Crippen LogP contribution in [0.15, 0.2) is 40.0 Å². The summed E-state index contributed by atoms with van der Waals surface area (Å²) in [5, 5.41) is 7.49. The van der Waals surface area contributed by atoms with Crippen molar-refractivity contribution in [2.75, 3.05) is 67.6 Å². The molecule has 0 bridgehead atoms. The minimum atomic E-state index is 0.122. The molecule has 3 rings (SSSR count). The van der Waals surface area contributed by atoms with Crippen molar-refractivity contribution in [1.82, 2.24) is 25.2 Å². The maximum absolute atomic E-state index is 5.50. The molecule has 1 atom stereocenters. The zero-order chi connectivity index (χ0) is 22.9. The number of hydrogen-bond donors (Lipinski definition) is 1. The van der Waals surface area contributed by atoms with Gasteiger partial charge in [0, 0.05) is 45.3 Å². The number of nitrogens with one attached hydrogen (secondary N) is 1. The van der Waals surface area contributed by atoms with Gasteiger partial charge in [-0.1, -0.05) is 11.2 Å². The summed E-state index contributed by atoms with van der Waals surface area (Å²) in [6.45, 7) is 8.17. The van der Waals surface area contributed by atoms with E-state index in [4.69, 9.17) is 19.0 Å². The molecule has 1 unspecified atom stereocenters. The highest BCUT2D eigenvalue weighted by Gasteiger charge is 2.22. The van der Waals surface area contributed by atoms with Gasteiger partial charge in [-0.2, -0.15) is 0 Å². The Morgan fingerprint density at radius 1 is 1.16 bits per heavy atom. The molecular weight excluding hydrogens is 408 g/mol. The molecule has 0 spiro atoms. The van der Waals surface area contributed by atoms with Crippen molar-refractivity contribution in [2.24, 2.45) is 4.99 Å². The van der Waals surface area contributed by atoms with E-state index in [1.54, 1.807) is 20.5 Å². The number of benzene rings is 1. The molecule has 2 heterocycles. The first kappa shape index (κ1) is 23.9. The Bertz CT molecular complexity index is 847. The van der Waals surface area contributed by atoms with Gasteiger partial charge in [-0.15, -0.1) is 0 Å². The van der Waals surface area contributed by atoms with Crippen molar-refractivity contribution in [3.05, 3.63) is 41.8 Å². The highest BCUT2D eigenvalue weighted by Crippen LogP contribution is 2.31. The molecule has 1 aliphatic heterocycles. The monoisotopic (exact) mass is 444 g/mol. The number of methoxy groups -OCH3 is 2. The van der Waals surface area contributed by atoms with Gasteiger partial charge >= 0.3 is 0 Å². The lowest BCUT2D eigenvalue weighted by molar-refractivity contribution is 0.168. The standard InChI is InChI=1S/C23H36N6O3/c1-6-24-23(29-12-10-28(11-13-29)17-19-9-14-32-26-19)25-16-20(27(2)3)18-7-8-21(30-4)22(15-18)31-5/h7-9,14-15,20H,6,10-13,16-17H2,1-5H3,(H,24,25). The van der Waals surface area contributed by atoms with Crippen molar-refractivity contribution < 1.29 is 14.0 Å². The first-order chi connectivity index (χ1) is 15.5. The summed E-state index contributed by atoms with van der Waals surface area (Å²) in [7, 11) is 7.47. The van der Waals surface area contributed by atoms with Crippen LogP contribution in [0.4, 0.5) is 0 Å². The lowest BCUT2D eigenvalue weighted by atomic mass is 10.1. The summed E-state index contributed by atoms with van der Waals surface area (Å²) in [5.41, 5.74) is 2.12. The van der Waals surface area contributed by atoms with Crippen LogP contribution >= 0.6 is 0 Å². The average Bonchev–Trinajstić information content (AvgIpc) is 3.31. The van der Waals surface area contributed by atoms with Crippen LogP contribution in [0, 0.1) is 0 Å². The summed E-state index contributed by atoms with van der Waals surface area (Å²) in [6, 6.07) is 8.12. The van der Waals surface area contributed by atoms with E-state index in [-0.39, 0.29) is 6.04 Å². The Morgan fingerprint density at radius 2 is 1.91 bits per heavy atom. The topological polar surface area (TPSA) is 78.6 Å². The van der Waals surface area contributed by atoms with E-state index in [0.29, 0.717) is 6.54 Å². The smallest absolute Gasteiger partial charge is 0.194 e. The van der Waals surface area contributed by atoms with Crippen LogP contribution in [0.2, 0.25) is 0 Å². The van der Waals surface area contributed by atoms with E-state index < -0.39 is 0 Å². The highest BCUT2D eigenvalue weighted by atomic mass is 16.5. The molecule has 1 aromatic carbocycles. The van der Waals surface area contributed by atoms with Gasteiger partial charge in [0.05, 0.1) is 32.5 Å². The van der Waals surface area contributed by atoms with Gasteiger partial charge in [0.1, 0.15) is 6.26 Å². The quantitative estimate of drug-likeness (QED) is 0.465. The third kappa shape index (κ3) is 6.14. The molecule has 1 N–H and O–H groups in total. The minimum Gasteiger partial charge on any atom is -0.493 e. The van der Waals surface area contributed by atoms with Crippen LogP contribution < -0.4 is 14.8 Å². The van der Waals surface area contributed by atoms with Crippen LogP contribution in [-0.2, 0) is 6.54 Å². The van der Waals surface area contributed by atoms with Gasteiger partial charge in [0.15, 0.2) is 17.5 Å². The lowest BCUT2D eigenvalue weighted by Crippen LogP contribution is -2.52. The first-order valence-electron chi connectivity index (χ1n) is 11.1. The van der Waals surface area contributed by atoms with Crippen LogP contribution in [-0.4, -0.2) is 93.4 Å². The number of hydrogen-bond acceptors (Lipinski definition) is 7. The van der Waals surface area contributed by atoms with Crippen LogP contribution in [0.5, 0.6) is 11.5 Å². The van der Waals surface area contributed by atoms with Gasteiger partial charge < -0.3 is 29.1 Å². The highest BCUT2D eigenvalue weighted by molar-refractivity contribution is 5.80. The number of guanidine groups is 1. The summed E-state index contributed by atoms with van der Waals surface area (Å²) in [6.07, 6.45) is 1.63. The molecule has 2 aromatic rings. The third-order valence-electron chi connectivity index (χ3n) is 5.71. The predicted octanol–water partition coefficient (Wildman–Crippen LogP) is 2.08. The molecule has 1 aliphatic rings. The lowest BCUT2D eigenvalue weighted by Gasteiger charge is -2.36. The number of nitrogens with zero attached hydrogens (tertiary/aromatic N) is 5. The summed E-state index contributed by atoms with van der Waals surface area (Å²) in [4.78, 5) is 11.9.